The third-order valence-electron chi connectivity index (χ3n) is 5.19. The highest BCUT2D eigenvalue weighted by Crippen LogP contribution is 2.36. The molecule has 3 aromatic rings. The molecule has 0 unspecified atom stereocenters. The van der Waals surface area contributed by atoms with Gasteiger partial charge < -0.3 is 19.7 Å². The van der Waals surface area contributed by atoms with Gasteiger partial charge in [0, 0.05) is 5.41 Å². The molecule has 0 radical (unpaired) electrons. The number of hydrogen-bond donors (Lipinski definition) is 2. The van der Waals surface area contributed by atoms with Crippen LogP contribution in [0.15, 0.2) is 66.7 Å². The summed E-state index contributed by atoms with van der Waals surface area (Å²) in [6.45, 7) is 6.62. The van der Waals surface area contributed by atoms with Gasteiger partial charge in [-0.1, -0.05) is 50.2 Å². The largest absolute Gasteiger partial charge is 0.507 e. The van der Waals surface area contributed by atoms with Gasteiger partial charge in [0.2, 0.25) is 0 Å². The Morgan fingerprint density at radius 1 is 0.867 bits per heavy atom. The molecule has 3 rings (SSSR count). The predicted molar refractivity (Wildman–Crippen MR) is 116 cm³/mol. The Kier molecular flexibility index (Phi) is 6.31. The average molecular weight is 406 g/mol. The van der Waals surface area contributed by atoms with Crippen LogP contribution in [0.4, 0.5) is 0 Å². The number of ether oxygens (including phenoxy) is 2. The van der Waals surface area contributed by atoms with Crippen LogP contribution in [0.2, 0.25) is 0 Å². The van der Waals surface area contributed by atoms with Crippen molar-refractivity contribution in [1.29, 1.82) is 0 Å². The lowest BCUT2D eigenvalue weighted by Gasteiger charge is -2.27. The van der Waals surface area contributed by atoms with E-state index in [0.717, 1.165) is 22.6 Å². The maximum absolute atomic E-state index is 11.5. The number of rotatable bonds is 8. The summed E-state index contributed by atoms with van der Waals surface area (Å²) < 4.78 is 11.4. The van der Waals surface area contributed by atoms with Crippen LogP contribution in [0.25, 0.3) is 0 Å². The Balaban J connectivity index is 1.68. The summed E-state index contributed by atoms with van der Waals surface area (Å²) in [6, 6.07) is 20.7. The van der Waals surface area contributed by atoms with E-state index in [0.29, 0.717) is 18.8 Å². The number of aryl methyl sites for hydroxylation is 1. The number of carboxylic acid groups (broad SMARTS) is 1. The van der Waals surface area contributed by atoms with Crippen molar-refractivity contribution >= 4 is 5.97 Å². The molecule has 0 aliphatic rings. The topological polar surface area (TPSA) is 76.0 Å². The first-order valence-corrected chi connectivity index (χ1v) is 9.77. The highest BCUT2D eigenvalue weighted by Gasteiger charge is 2.26. The summed E-state index contributed by atoms with van der Waals surface area (Å²) in [4.78, 5) is 11.5. The zero-order valence-corrected chi connectivity index (χ0v) is 17.4. The molecule has 0 bridgehead atoms. The minimum Gasteiger partial charge on any atom is -0.507 e. The Morgan fingerprint density at radius 2 is 1.43 bits per heavy atom. The Hall–Kier alpha value is -3.47. The number of hydrogen-bond acceptors (Lipinski definition) is 4. The number of carboxylic acids is 1. The van der Waals surface area contributed by atoms with E-state index in [2.05, 4.69) is 0 Å². The summed E-state index contributed by atoms with van der Waals surface area (Å²) in [5.74, 6) is 0.209. The lowest BCUT2D eigenvalue weighted by Crippen LogP contribution is -2.20. The van der Waals surface area contributed by atoms with E-state index < -0.39 is 11.4 Å². The van der Waals surface area contributed by atoms with Gasteiger partial charge in [-0.2, -0.15) is 0 Å². The van der Waals surface area contributed by atoms with Gasteiger partial charge in [0.25, 0.3) is 0 Å². The summed E-state index contributed by atoms with van der Waals surface area (Å²) in [5, 5.41) is 19.4. The highest BCUT2D eigenvalue weighted by atomic mass is 16.5. The van der Waals surface area contributed by atoms with Crippen LogP contribution >= 0.6 is 0 Å². The molecular weight excluding hydrogens is 380 g/mol. The zero-order valence-electron chi connectivity index (χ0n) is 17.4. The molecule has 3 aromatic carbocycles. The third-order valence-corrected chi connectivity index (χ3v) is 5.19. The monoisotopic (exact) mass is 406 g/mol. The summed E-state index contributed by atoms with van der Waals surface area (Å²) in [5.41, 5.74) is 1.84. The van der Waals surface area contributed by atoms with Crippen LogP contribution < -0.4 is 9.47 Å². The molecule has 5 heteroatoms. The molecule has 0 fully saturated rings. The second-order valence-corrected chi connectivity index (χ2v) is 7.65. The van der Waals surface area contributed by atoms with Crippen molar-refractivity contribution in [2.75, 3.05) is 13.2 Å². The van der Waals surface area contributed by atoms with Crippen molar-refractivity contribution in [3.8, 4) is 17.2 Å². The van der Waals surface area contributed by atoms with Gasteiger partial charge in [0.1, 0.15) is 36.0 Å². The molecule has 0 saturated carbocycles. The molecule has 0 atom stereocenters. The fourth-order valence-electron chi connectivity index (χ4n) is 3.27. The van der Waals surface area contributed by atoms with Crippen LogP contribution in [0.3, 0.4) is 0 Å². The van der Waals surface area contributed by atoms with Crippen molar-refractivity contribution in [1.82, 2.24) is 0 Å². The predicted octanol–water partition coefficient (Wildman–Crippen LogP) is 5.18. The van der Waals surface area contributed by atoms with E-state index in [1.54, 1.807) is 6.92 Å². The Morgan fingerprint density at radius 3 is 2.00 bits per heavy atom. The molecule has 0 spiro atoms. The lowest BCUT2D eigenvalue weighted by molar-refractivity contribution is 0.0693. The molecule has 156 valence electrons. The van der Waals surface area contributed by atoms with E-state index in [1.165, 1.54) is 6.07 Å². The standard InChI is InChI=1S/C25H26O5/c1-17-15-19(16-22(23(17)26)24(27)28)25(2,3)18-9-11-21(12-10-18)30-14-13-29-20-7-5-4-6-8-20/h4-12,15-16,26H,13-14H2,1-3H3,(H,27,28). The Bertz CT molecular complexity index is 1010. The van der Waals surface area contributed by atoms with E-state index in [4.69, 9.17) is 9.47 Å². The van der Waals surface area contributed by atoms with E-state index in [-0.39, 0.29) is 11.3 Å². The molecule has 2 N–H and O–H groups in total. The normalized spacial score (nSPS) is 11.2. The van der Waals surface area contributed by atoms with Crippen LogP contribution in [0.5, 0.6) is 17.2 Å². The van der Waals surface area contributed by atoms with Crippen molar-refractivity contribution in [3.05, 3.63) is 89.0 Å². The summed E-state index contributed by atoms with van der Waals surface area (Å²) in [6.07, 6.45) is 0. The molecule has 5 nitrogen and oxygen atoms in total. The second-order valence-electron chi connectivity index (χ2n) is 7.65. The quantitative estimate of drug-likeness (QED) is 0.504. The average Bonchev–Trinajstić information content (AvgIpc) is 2.74. The molecule has 0 amide bonds. The molecule has 0 aliphatic carbocycles. The van der Waals surface area contributed by atoms with Gasteiger partial charge in [-0.25, -0.2) is 4.79 Å². The maximum Gasteiger partial charge on any atom is 0.339 e. The van der Waals surface area contributed by atoms with Gasteiger partial charge >= 0.3 is 5.97 Å². The van der Waals surface area contributed by atoms with Crippen LogP contribution in [0, 0.1) is 6.92 Å². The molecule has 30 heavy (non-hydrogen) atoms. The molecule has 0 aromatic heterocycles. The van der Waals surface area contributed by atoms with Gasteiger partial charge in [0.15, 0.2) is 0 Å². The van der Waals surface area contributed by atoms with E-state index in [1.807, 2.05) is 74.5 Å². The first kappa shape index (κ1) is 21.2. The minimum absolute atomic E-state index is 0.0866. The second kappa shape index (κ2) is 8.91. The maximum atomic E-state index is 11.5. The zero-order chi connectivity index (χ0) is 21.7. The summed E-state index contributed by atoms with van der Waals surface area (Å²) >= 11 is 0. The first-order valence-electron chi connectivity index (χ1n) is 9.77. The fourth-order valence-corrected chi connectivity index (χ4v) is 3.27. The fraction of sp³-hybridized carbons (Fsp3) is 0.240. The number of benzene rings is 3. The van der Waals surface area contributed by atoms with Gasteiger partial charge in [0.05, 0.1) is 0 Å². The molecular formula is C25H26O5. The highest BCUT2D eigenvalue weighted by molar-refractivity contribution is 5.91. The minimum atomic E-state index is -1.14. The van der Waals surface area contributed by atoms with Gasteiger partial charge in [-0.05, 0) is 53.9 Å². The van der Waals surface area contributed by atoms with Crippen molar-refractivity contribution in [3.63, 3.8) is 0 Å². The van der Waals surface area contributed by atoms with Crippen LogP contribution in [0.1, 0.15) is 40.9 Å². The van der Waals surface area contributed by atoms with Gasteiger partial charge in [-0.3, -0.25) is 0 Å². The Labute approximate surface area is 176 Å². The third kappa shape index (κ3) is 4.74. The van der Waals surface area contributed by atoms with Crippen molar-refractivity contribution in [2.24, 2.45) is 0 Å². The lowest BCUT2D eigenvalue weighted by atomic mass is 9.77. The van der Waals surface area contributed by atoms with E-state index in [9.17, 15) is 15.0 Å². The van der Waals surface area contributed by atoms with Crippen molar-refractivity contribution < 1.29 is 24.5 Å². The number of carbonyl (C=O) groups is 1. The number of para-hydroxylation sites is 1. The van der Waals surface area contributed by atoms with Gasteiger partial charge in [-0.15, -0.1) is 0 Å². The molecule has 0 aliphatic heterocycles. The number of phenols is 1. The van der Waals surface area contributed by atoms with E-state index >= 15 is 0 Å². The molecule has 0 heterocycles. The summed E-state index contributed by atoms with van der Waals surface area (Å²) in [7, 11) is 0. The van der Waals surface area contributed by atoms with Crippen LogP contribution in [-0.2, 0) is 5.41 Å². The molecule has 0 saturated heterocycles. The number of aromatic carboxylic acids is 1. The smallest absolute Gasteiger partial charge is 0.339 e. The van der Waals surface area contributed by atoms with Crippen molar-refractivity contribution in [2.45, 2.75) is 26.2 Å². The number of aromatic hydroxyl groups is 1. The first-order chi connectivity index (χ1) is 14.3. The SMILES string of the molecule is Cc1cc(C(C)(C)c2ccc(OCCOc3ccccc3)cc2)cc(C(=O)O)c1O. The van der Waals surface area contributed by atoms with Crippen LogP contribution in [-0.4, -0.2) is 29.4 Å².